The van der Waals surface area contributed by atoms with E-state index in [1.807, 2.05) is 24.3 Å². The zero-order valence-corrected chi connectivity index (χ0v) is 27.8. The smallest absolute Gasteiger partial charge is 0.416 e. The van der Waals surface area contributed by atoms with Crippen LogP contribution in [-0.2, 0) is 30.4 Å². The van der Waals surface area contributed by atoms with Crippen LogP contribution in [0.5, 0.6) is 5.75 Å². The van der Waals surface area contributed by atoms with Gasteiger partial charge in [0.2, 0.25) is 5.92 Å². The highest BCUT2D eigenvalue weighted by atomic mass is 19.4. The molecule has 0 amide bonds. The standard InChI is InChI=1S/C38H44F6N2O2/c1-36(2)20-31-34(32(21-36)48-22-23-4-8-28(47-3)9-5-23)33(24-10-14-37(40,41)15-11-24)29(35(46-31)25-12-16-45-17-13-25)18-26-6-7-27(19-30(26)39)38(42,43)44/h4-9,19,24-25,32,45H,10-18,20-22H2,1-3H3/t32-/m0/s1. The predicted molar refractivity (Wildman–Crippen MR) is 172 cm³/mol. The summed E-state index contributed by atoms with van der Waals surface area (Å²) in [6.45, 7) is 6.23. The van der Waals surface area contributed by atoms with Gasteiger partial charge in [-0.15, -0.1) is 0 Å². The predicted octanol–water partition coefficient (Wildman–Crippen LogP) is 9.83. The molecule has 2 aromatic carbocycles. The Morgan fingerprint density at radius 3 is 2.23 bits per heavy atom. The van der Waals surface area contributed by atoms with Gasteiger partial charge in [0.05, 0.1) is 25.4 Å². The van der Waals surface area contributed by atoms with E-state index in [1.54, 1.807) is 7.11 Å². The van der Waals surface area contributed by atoms with Crippen molar-refractivity contribution in [3.05, 3.63) is 93.1 Å². The van der Waals surface area contributed by atoms with Gasteiger partial charge in [-0.25, -0.2) is 13.2 Å². The maximum absolute atomic E-state index is 15.5. The summed E-state index contributed by atoms with van der Waals surface area (Å²) in [5.41, 5.74) is 4.17. The molecule has 0 spiro atoms. The molecule has 48 heavy (non-hydrogen) atoms. The number of alkyl halides is 5. The highest BCUT2D eigenvalue weighted by Gasteiger charge is 2.43. The average Bonchev–Trinajstić information content (AvgIpc) is 3.04. The summed E-state index contributed by atoms with van der Waals surface area (Å²) in [5.74, 6) is -3.14. The number of nitrogens with one attached hydrogen (secondary N) is 1. The number of hydrogen-bond donors (Lipinski definition) is 1. The number of hydrogen-bond acceptors (Lipinski definition) is 4. The van der Waals surface area contributed by atoms with E-state index >= 15 is 4.39 Å². The Morgan fingerprint density at radius 2 is 1.60 bits per heavy atom. The lowest BCUT2D eigenvalue weighted by atomic mass is 9.68. The Morgan fingerprint density at radius 1 is 0.917 bits per heavy atom. The lowest BCUT2D eigenvalue weighted by Gasteiger charge is -2.41. The minimum absolute atomic E-state index is 0.0281. The van der Waals surface area contributed by atoms with Gasteiger partial charge in [0.15, 0.2) is 0 Å². The SMILES string of the molecule is COc1ccc(CO[C@H]2CC(C)(C)Cc3nc(C4CCNCC4)c(Cc4ccc(C(F)(F)F)cc4F)c(C4CCC(F)(F)CC4)c32)cc1. The van der Waals surface area contributed by atoms with E-state index < -0.39 is 29.6 Å². The van der Waals surface area contributed by atoms with Crippen molar-refractivity contribution in [1.82, 2.24) is 10.3 Å². The minimum Gasteiger partial charge on any atom is -0.497 e. The molecule has 1 N–H and O–H groups in total. The van der Waals surface area contributed by atoms with Gasteiger partial charge in [-0.2, -0.15) is 13.2 Å². The summed E-state index contributed by atoms with van der Waals surface area (Å²) in [6, 6.07) is 10.3. The number of pyridine rings is 1. The quantitative estimate of drug-likeness (QED) is 0.242. The van der Waals surface area contributed by atoms with E-state index in [1.165, 1.54) is 6.07 Å². The van der Waals surface area contributed by atoms with Crippen LogP contribution in [0.25, 0.3) is 0 Å². The zero-order chi connectivity index (χ0) is 34.3. The fourth-order valence-corrected chi connectivity index (χ4v) is 7.88. The fraction of sp³-hybridized carbons (Fsp3) is 0.553. The maximum atomic E-state index is 15.5. The van der Waals surface area contributed by atoms with Crippen molar-refractivity contribution in [2.75, 3.05) is 20.2 Å². The Labute approximate surface area is 278 Å². The molecule has 2 heterocycles. The van der Waals surface area contributed by atoms with E-state index in [2.05, 4.69) is 19.2 Å². The zero-order valence-electron chi connectivity index (χ0n) is 27.8. The van der Waals surface area contributed by atoms with Crippen LogP contribution in [0, 0.1) is 11.2 Å². The highest BCUT2D eigenvalue weighted by molar-refractivity contribution is 5.50. The van der Waals surface area contributed by atoms with E-state index in [0.29, 0.717) is 25.5 Å². The van der Waals surface area contributed by atoms with Crippen LogP contribution in [0.2, 0.25) is 0 Å². The second-order valence-corrected chi connectivity index (χ2v) is 14.6. The number of benzene rings is 2. The molecule has 4 nitrogen and oxygen atoms in total. The van der Waals surface area contributed by atoms with Crippen LogP contribution in [0.4, 0.5) is 26.3 Å². The van der Waals surface area contributed by atoms with Gasteiger partial charge >= 0.3 is 6.18 Å². The topological polar surface area (TPSA) is 43.4 Å². The number of fused-ring (bicyclic) bond motifs is 1. The second kappa shape index (κ2) is 13.7. The summed E-state index contributed by atoms with van der Waals surface area (Å²) in [4.78, 5) is 5.35. The van der Waals surface area contributed by atoms with Gasteiger partial charge in [-0.05, 0) is 109 Å². The largest absolute Gasteiger partial charge is 0.497 e. The summed E-state index contributed by atoms with van der Waals surface area (Å²) >= 11 is 0. The van der Waals surface area contributed by atoms with Crippen LogP contribution in [0.3, 0.4) is 0 Å². The number of aromatic nitrogens is 1. The molecule has 6 rings (SSSR count). The molecular formula is C38H44F6N2O2. The van der Waals surface area contributed by atoms with E-state index in [0.717, 1.165) is 71.4 Å². The van der Waals surface area contributed by atoms with Crippen molar-refractivity contribution < 1.29 is 35.8 Å². The van der Waals surface area contributed by atoms with Crippen molar-refractivity contribution in [3.8, 4) is 5.75 Å². The highest BCUT2D eigenvalue weighted by Crippen LogP contribution is 2.51. The lowest BCUT2D eigenvalue weighted by Crippen LogP contribution is -2.34. The molecule has 1 aliphatic heterocycles. The molecule has 2 fully saturated rings. The molecule has 3 aromatic rings. The summed E-state index contributed by atoms with van der Waals surface area (Å²) in [6.07, 6.45) is -2.08. The van der Waals surface area contributed by atoms with E-state index in [9.17, 15) is 22.0 Å². The van der Waals surface area contributed by atoms with Crippen LogP contribution in [0.15, 0.2) is 42.5 Å². The second-order valence-electron chi connectivity index (χ2n) is 14.6. The molecule has 260 valence electrons. The fourth-order valence-electron chi connectivity index (χ4n) is 7.88. The maximum Gasteiger partial charge on any atom is 0.416 e. The van der Waals surface area contributed by atoms with Crippen LogP contribution in [0.1, 0.15) is 122 Å². The number of piperidine rings is 1. The van der Waals surface area contributed by atoms with E-state index in [4.69, 9.17) is 14.5 Å². The van der Waals surface area contributed by atoms with Crippen molar-refractivity contribution in [2.24, 2.45) is 5.41 Å². The van der Waals surface area contributed by atoms with Crippen molar-refractivity contribution in [3.63, 3.8) is 0 Å². The minimum atomic E-state index is -4.67. The molecule has 1 saturated heterocycles. The third-order valence-corrected chi connectivity index (χ3v) is 10.4. The molecule has 1 aromatic heterocycles. The van der Waals surface area contributed by atoms with Gasteiger partial charge < -0.3 is 14.8 Å². The van der Waals surface area contributed by atoms with E-state index in [-0.39, 0.29) is 54.9 Å². The van der Waals surface area contributed by atoms with Gasteiger partial charge in [0.25, 0.3) is 0 Å². The molecule has 0 unspecified atom stereocenters. The van der Waals surface area contributed by atoms with Crippen LogP contribution >= 0.6 is 0 Å². The Balaban J connectivity index is 1.51. The Bertz CT molecular complexity index is 1590. The van der Waals surface area contributed by atoms with Crippen LogP contribution in [-0.4, -0.2) is 31.1 Å². The van der Waals surface area contributed by atoms with Gasteiger partial charge in [-0.1, -0.05) is 32.0 Å². The normalized spacial score (nSPS) is 21.6. The number of nitrogens with zero attached hydrogens (tertiary/aromatic N) is 1. The third-order valence-electron chi connectivity index (χ3n) is 10.4. The number of rotatable bonds is 8. The molecule has 10 heteroatoms. The van der Waals surface area contributed by atoms with Crippen molar-refractivity contribution in [2.45, 2.75) is 108 Å². The Kier molecular flexibility index (Phi) is 9.88. The van der Waals surface area contributed by atoms with Gasteiger partial charge in [0.1, 0.15) is 11.6 Å². The molecule has 1 atom stereocenters. The Hall–Kier alpha value is -3.11. The average molecular weight is 675 g/mol. The first-order valence-corrected chi connectivity index (χ1v) is 17.0. The summed E-state index contributed by atoms with van der Waals surface area (Å²) < 4.78 is 97.1. The molecule has 0 radical (unpaired) electrons. The lowest BCUT2D eigenvalue weighted by molar-refractivity contribution is -0.137. The van der Waals surface area contributed by atoms with Crippen molar-refractivity contribution >= 4 is 0 Å². The monoisotopic (exact) mass is 674 g/mol. The first kappa shape index (κ1) is 34.7. The summed E-state index contributed by atoms with van der Waals surface area (Å²) in [7, 11) is 1.61. The third kappa shape index (κ3) is 7.70. The van der Waals surface area contributed by atoms with Gasteiger partial charge in [0, 0.05) is 42.1 Å². The number of methoxy groups -OCH3 is 1. The molecule has 1 saturated carbocycles. The molecule has 2 aliphatic carbocycles. The van der Waals surface area contributed by atoms with Crippen molar-refractivity contribution in [1.29, 1.82) is 0 Å². The number of halogens is 6. The molecular weight excluding hydrogens is 630 g/mol. The molecule has 3 aliphatic rings. The molecule has 0 bridgehead atoms. The van der Waals surface area contributed by atoms with Gasteiger partial charge in [-0.3, -0.25) is 4.98 Å². The first-order valence-electron chi connectivity index (χ1n) is 17.0. The van der Waals surface area contributed by atoms with Crippen LogP contribution < -0.4 is 10.1 Å². The summed E-state index contributed by atoms with van der Waals surface area (Å²) in [5, 5.41) is 3.39. The number of ether oxygens (including phenoxy) is 2. The first-order chi connectivity index (χ1) is 22.7.